The molecule has 7 heteroatoms. The number of imidazole rings is 1. The van der Waals surface area contributed by atoms with E-state index in [-0.39, 0.29) is 29.8 Å². The molecule has 2 heterocycles. The molecule has 5 nitrogen and oxygen atoms in total. The topological polar surface area (TPSA) is 45.5 Å². The summed E-state index contributed by atoms with van der Waals surface area (Å²) in [6, 6.07) is 5.25. The number of aliphatic imine (C=N–C) groups is 1. The van der Waals surface area contributed by atoms with Crippen LogP contribution in [-0.4, -0.2) is 40.0 Å². The Morgan fingerprint density at radius 3 is 2.92 bits per heavy atom. The second-order valence-corrected chi connectivity index (χ2v) is 6.62. The zero-order valence-electron chi connectivity index (χ0n) is 15.4. The van der Waals surface area contributed by atoms with E-state index in [4.69, 9.17) is 4.99 Å². The van der Waals surface area contributed by atoms with E-state index in [2.05, 4.69) is 29.0 Å². The first-order valence-electron chi connectivity index (χ1n) is 8.97. The first kappa shape index (κ1) is 20.7. The van der Waals surface area contributed by atoms with Gasteiger partial charge in [-0.25, -0.2) is 14.4 Å². The Labute approximate surface area is 171 Å². The molecule has 0 bridgehead atoms. The maximum Gasteiger partial charge on any atom is 0.194 e. The summed E-state index contributed by atoms with van der Waals surface area (Å²) in [5.41, 5.74) is 1.36. The van der Waals surface area contributed by atoms with Crippen molar-refractivity contribution in [3.05, 3.63) is 48.3 Å². The molecule has 3 rings (SSSR count). The van der Waals surface area contributed by atoms with Crippen LogP contribution in [-0.2, 0) is 6.54 Å². The van der Waals surface area contributed by atoms with Gasteiger partial charge in [0.15, 0.2) is 5.96 Å². The highest BCUT2D eigenvalue weighted by Crippen LogP contribution is 2.17. The maximum atomic E-state index is 14.4. The van der Waals surface area contributed by atoms with E-state index in [9.17, 15) is 4.39 Å². The predicted molar refractivity (Wildman–Crippen MR) is 114 cm³/mol. The van der Waals surface area contributed by atoms with E-state index in [1.54, 1.807) is 35.4 Å². The fourth-order valence-electron chi connectivity index (χ4n) is 3.23. The lowest BCUT2D eigenvalue weighted by Crippen LogP contribution is -2.46. The zero-order chi connectivity index (χ0) is 17.6. The van der Waals surface area contributed by atoms with Crippen molar-refractivity contribution in [1.82, 2.24) is 19.8 Å². The lowest BCUT2D eigenvalue weighted by Gasteiger charge is -2.33. The number of halogens is 2. The van der Waals surface area contributed by atoms with Crippen LogP contribution in [0, 0.1) is 11.7 Å². The average Bonchev–Trinajstić information content (AvgIpc) is 3.13. The highest BCUT2D eigenvalue weighted by atomic mass is 127. The van der Waals surface area contributed by atoms with Gasteiger partial charge in [-0.3, -0.25) is 0 Å². The molecule has 0 spiro atoms. The zero-order valence-corrected chi connectivity index (χ0v) is 17.7. The van der Waals surface area contributed by atoms with Crippen molar-refractivity contribution < 1.29 is 4.39 Å². The number of rotatable bonds is 4. The van der Waals surface area contributed by atoms with E-state index in [1.165, 1.54) is 12.8 Å². The van der Waals surface area contributed by atoms with E-state index in [1.807, 2.05) is 6.07 Å². The molecule has 1 saturated heterocycles. The van der Waals surface area contributed by atoms with Gasteiger partial charge in [0.1, 0.15) is 5.82 Å². The Kier molecular flexibility index (Phi) is 7.86. The predicted octanol–water partition coefficient (Wildman–Crippen LogP) is 3.83. The van der Waals surface area contributed by atoms with Gasteiger partial charge in [0.2, 0.25) is 0 Å². The Morgan fingerprint density at radius 1 is 1.42 bits per heavy atom. The average molecular weight is 471 g/mol. The molecule has 1 aromatic heterocycles. The second kappa shape index (κ2) is 9.89. The summed E-state index contributed by atoms with van der Waals surface area (Å²) in [5, 5.41) is 3.36. The SMILES string of the molecule is CCNC(=NCc1ccc(-n2ccnc2)c(F)c1)N1CCCC(C)C1.I. The van der Waals surface area contributed by atoms with Crippen LogP contribution >= 0.6 is 24.0 Å². The first-order chi connectivity index (χ1) is 12.2. The van der Waals surface area contributed by atoms with Gasteiger partial charge in [-0.2, -0.15) is 0 Å². The molecule has 0 radical (unpaired) electrons. The molecular weight excluding hydrogens is 444 g/mol. The highest BCUT2D eigenvalue weighted by molar-refractivity contribution is 14.0. The van der Waals surface area contributed by atoms with E-state index in [0.717, 1.165) is 31.2 Å². The summed E-state index contributed by atoms with van der Waals surface area (Å²) >= 11 is 0. The van der Waals surface area contributed by atoms with Gasteiger partial charge >= 0.3 is 0 Å². The molecule has 1 atom stereocenters. The lowest BCUT2D eigenvalue weighted by molar-refractivity contribution is 0.266. The molecule has 1 aliphatic heterocycles. The van der Waals surface area contributed by atoms with Gasteiger partial charge in [-0.05, 0) is 43.4 Å². The Hall–Kier alpha value is -1.64. The van der Waals surface area contributed by atoms with Crippen LogP contribution in [0.5, 0.6) is 0 Å². The van der Waals surface area contributed by atoms with Crippen molar-refractivity contribution in [1.29, 1.82) is 0 Å². The van der Waals surface area contributed by atoms with Gasteiger partial charge in [0.25, 0.3) is 0 Å². The van der Waals surface area contributed by atoms with Crippen molar-refractivity contribution in [2.24, 2.45) is 10.9 Å². The number of piperidine rings is 1. The molecule has 1 N–H and O–H groups in total. The van der Waals surface area contributed by atoms with Gasteiger partial charge in [0, 0.05) is 32.0 Å². The molecule has 0 saturated carbocycles. The number of nitrogens with zero attached hydrogens (tertiary/aromatic N) is 4. The van der Waals surface area contributed by atoms with Crippen molar-refractivity contribution in [3.8, 4) is 5.69 Å². The lowest BCUT2D eigenvalue weighted by atomic mass is 10.0. The van der Waals surface area contributed by atoms with Crippen LogP contribution in [0.3, 0.4) is 0 Å². The summed E-state index contributed by atoms with van der Waals surface area (Å²) in [6.45, 7) is 7.71. The van der Waals surface area contributed by atoms with Crippen molar-refractivity contribution in [3.63, 3.8) is 0 Å². The smallest absolute Gasteiger partial charge is 0.194 e. The van der Waals surface area contributed by atoms with Crippen molar-refractivity contribution in [2.45, 2.75) is 33.2 Å². The number of nitrogens with one attached hydrogen (secondary N) is 1. The largest absolute Gasteiger partial charge is 0.357 e. The van der Waals surface area contributed by atoms with Gasteiger partial charge in [-0.15, -0.1) is 24.0 Å². The third-order valence-electron chi connectivity index (χ3n) is 4.50. The van der Waals surface area contributed by atoms with Crippen LogP contribution in [0.2, 0.25) is 0 Å². The van der Waals surface area contributed by atoms with Gasteiger partial charge < -0.3 is 14.8 Å². The van der Waals surface area contributed by atoms with Crippen LogP contribution in [0.15, 0.2) is 41.9 Å². The number of guanidine groups is 1. The number of hydrogen-bond acceptors (Lipinski definition) is 2. The van der Waals surface area contributed by atoms with E-state index in [0.29, 0.717) is 18.2 Å². The third kappa shape index (κ3) is 5.18. The quantitative estimate of drug-likeness (QED) is 0.419. The van der Waals surface area contributed by atoms with Crippen LogP contribution in [0.25, 0.3) is 5.69 Å². The fraction of sp³-hybridized carbons (Fsp3) is 0.474. The molecule has 26 heavy (non-hydrogen) atoms. The van der Waals surface area contributed by atoms with Crippen molar-refractivity contribution >= 4 is 29.9 Å². The molecule has 0 amide bonds. The third-order valence-corrected chi connectivity index (χ3v) is 4.50. The number of aromatic nitrogens is 2. The normalized spacial score (nSPS) is 17.7. The molecule has 142 valence electrons. The molecule has 1 unspecified atom stereocenters. The minimum absolute atomic E-state index is 0. The van der Waals surface area contributed by atoms with Gasteiger partial charge in [-0.1, -0.05) is 13.0 Å². The maximum absolute atomic E-state index is 14.4. The van der Waals surface area contributed by atoms with Gasteiger partial charge in [0.05, 0.1) is 18.6 Å². The molecule has 1 fully saturated rings. The Morgan fingerprint density at radius 2 is 2.27 bits per heavy atom. The molecule has 2 aromatic rings. The minimum atomic E-state index is -0.262. The Balaban J connectivity index is 0.00000243. The van der Waals surface area contributed by atoms with E-state index < -0.39 is 0 Å². The minimum Gasteiger partial charge on any atom is -0.357 e. The monoisotopic (exact) mass is 471 g/mol. The molecular formula is C19H27FIN5. The number of likely N-dealkylation sites (tertiary alicyclic amines) is 1. The molecule has 1 aromatic carbocycles. The second-order valence-electron chi connectivity index (χ2n) is 6.62. The summed E-state index contributed by atoms with van der Waals surface area (Å²) in [4.78, 5) is 11.0. The summed E-state index contributed by atoms with van der Waals surface area (Å²) in [5.74, 6) is 1.35. The standard InChI is InChI=1S/C19H26FN5.HI/c1-3-22-19(24-9-4-5-15(2)13-24)23-12-16-6-7-18(17(20)11-16)25-10-8-21-14-25;/h6-8,10-11,14-15H,3-5,9,12-13H2,1-2H3,(H,22,23);1H. The number of hydrogen-bond donors (Lipinski definition) is 1. The fourth-order valence-corrected chi connectivity index (χ4v) is 3.23. The summed E-state index contributed by atoms with van der Waals surface area (Å²) < 4.78 is 16.0. The van der Waals surface area contributed by atoms with Crippen LogP contribution in [0.4, 0.5) is 4.39 Å². The summed E-state index contributed by atoms with van der Waals surface area (Å²) in [6.07, 6.45) is 7.44. The summed E-state index contributed by atoms with van der Waals surface area (Å²) in [7, 11) is 0. The highest BCUT2D eigenvalue weighted by Gasteiger charge is 2.19. The van der Waals surface area contributed by atoms with Crippen LogP contribution < -0.4 is 5.32 Å². The van der Waals surface area contributed by atoms with E-state index >= 15 is 0 Å². The van der Waals surface area contributed by atoms with Crippen molar-refractivity contribution in [2.75, 3.05) is 19.6 Å². The molecule has 0 aliphatic carbocycles. The first-order valence-corrected chi connectivity index (χ1v) is 8.97. The number of benzene rings is 1. The Bertz CT molecular complexity index is 717. The molecule has 1 aliphatic rings. The van der Waals surface area contributed by atoms with Crippen LogP contribution in [0.1, 0.15) is 32.3 Å².